The first-order valence-electron chi connectivity index (χ1n) is 5.46. The fourth-order valence-corrected chi connectivity index (χ4v) is 1.53. The van der Waals surface area contributed by atoms with Gasteiger partial charge in [-0.2, -0.15) is 0 Å². The van der Waals surface area contributed by atoms with Crippen molar-refractivity contribution in [1.29, 1.82) is 0 Å². The summed E-state index contributed by atoms with van der Waals surface area (Å²) in [5.41, 5.74) is 7.75. The van der Waals surface area contributed by atoms with Crippen molar-refractivity contribution in [3.63, 3.8) is 0 Å². The van der Waals surface area contributed by atoms with Crippen molar-refractivity contribution < 1.29 is 20.1 Å². The van der Waals surface area contributed by atoms with Gasteiger partial charge in [0, 0.05) is 37.1 Å². The Morgan fingerprint density at radius 3 is 2.33 bits per heavy atom. The van der Waals surface area contributed by atoms with Crippen LogP contribution in [0.15, 0.2) is 6.20 Å². The molecule has 1 aromatic heterocycles. The minimum absolute atomic E-state index is 0. The largest absolute Gasteiger partial charge is 0.475 e. The van der Waals surface area contributed by atoms with E-state index in [9.17, 15) is 0 Å². The van der Waals surface area contributed by atoms with Crippen LogP contribution in [0.2, 0.25) is 0 Å². The molecule has 7 heteroatoms. The molecule has 1 rings (SSSR count). The lowest BCUT2D eigenvalue weighted by molar-refractivity contribution is 0.194. The number of aromatic nitrogens is 1. The molecule has 0 aliphatic rings. The Kier molecular flexibility index (Phi) is 8.40. The second kappa shape index (κ2) is 8.93. The molecule has 0 saturated heterocycles. The zero-order valence-corrected chi connectivity index (χ0v) is 10.8. The molecule has 0 bridgehead atoms. The van der Waals surface area contributed by atoms with Gasteiger partial charge in [0.1, 0.15) is 6.61 Å². The van der Waals surface area contributed by atoms with Crippen molar-refractivity contribution in [2.75, 3.05) is 32.2 Å². The number of pyridine rings is 1. The molecule has 0 aromatic carbocycles. The number of aliphatic hydroxyl groups is 3. The van der Waals surface area contributed by atoms with Crippen LogP contribution in [0.1, 0.15) is 11.1 Å². The van der Waals surface area contributed by atoms with Gasteiger partial charge in [0.15, 0.2) is 0 Å². The molecule has 6 nitrogen and oxygen atoms in total. The minimum Gasteiger partial charge on any atom is -0.475 e. The monoisotopic (exact) mass is 278 g/mol. The lowest BCUT2D eigenvalue weighted by Crippen LogP contribution is -2.11. The number of ether oxygens (including phenoxy) is 1. The molecule has 1 heterocycles. The SMILES string of the molecule is Cl.Nc1c(CCO)cnc(OCCO)c1CCO. The van der Waals surface area contributed by atoms with Gasteiger partial charge in [-0.3, -0.25) is 0 Å². The van der Waals surface area contributed by atoms with Crippen LogP contribution in [-0.2, 0) is 12.8 Å². The molecule has 0 amide bonds. The van der Waals surface area contributed by atoms with E-state index < -0.39 is 0 Å². The third kappa shape index (κ3) is 4.30. The Hall–Kier alpha value is -1.08. The smallest absolute Gasteiger partial charge is 0.218 e. The number of hydrogen-bond acceptors (Lipinski definition) is 6. The van der Waals surface area contributed by atoms with Crippen LogP contribution in [0.4, 0.5) is 5.69 Å². The lowest BCUT2D eigenvalue weighted by Gasteiger charge is -2.14. The van der Waals surface area contributed by atoms with Crippen LogP contribution < -0.4 is 10.5 Å². The van der Waals surface area contributed by atoms with Gasteiger partial charge in [-0.1, -0.05) is 0 Å². The van der Waals surface area contributed by atoms with E-state index in [0.29, 0.717) is 30.0 Å². The minimum atomic E-state index is -0.113. The molecule has 0 aliphatic carbocycles. The van der Waals surface area contributed by atoms with Gasteiger partial charge in [0.2, 0.25) is 5.88 Å². The summed E-state index contributed by atoms with van der Waals surface area (Å²) in [5, 5.41) is 26.5. The highest BCUT2D eigenvalue weighted by Crippen LogP contribution is 2.26. The molecule has 18 heavy (non-hydrogen) atoms. The predicted octanol–water partition coefficient (Wildman–Crippen LogP) is -0.474. The van der Waals surface area contributed by atoms with Gasteiger partial charge >= 0.3 is 0 Å². The molecule has 0 aliphatic heterocycles. The number of rotatable bonds is 7. The van der Waals surface area contributed by atoms with Crippen molar-refractivity contribution in [3.05, 3.63) is 17.3 Å². The number of anilines is 1. The Morgan fingerprint density at radius 1 is 1.11 bits per heavy atom. The maximum absolute atomic E-state index is 8.98. The second-order valence-corrected chi connectivity index (χ2v) is 3.50. The Morgan fingerprint density at radius 2 is 1.78 bits per heavy atom. The number of hydrogen-bond donors (Lipinski definition) is 4. The highest BCUT2D eigenvalue weighted by Gasteiger charge is 2.13. The quantitative estimate of drug-likeness (QED) is 0.537. The highest BCUT2D eigenvalue weighted by atomic mass is 35.5. The van der Waals surface area contributed by atoms with E-state index in [0.717, 1.165) is 5.56 Å². The van der Waals surface area contributed by atoms with E-state index in [-0.39, 0.29) is 38.8 Å². The third-order valence-electron chi connectivity index (χ3n) is 2.34. The number of aliphatic hydroxyl groups excluding tert-OH is 3. The van der Waals surface area contributed by atoms with Gasteiger partial charge in [-0.15, -0.1) is 12.4 Å². The molecule has 104 valence electrons. The molecule has 1 aromatic rings. The van der Waals surface area contributed by atoms with Crippen LogP contribution in [0.5, 0.6) is 5.88 Å². The summed E-state index contributed by atoms with van der Waals surface area (Å²) in [6.45, 7) is -0.0615. The molecular weight excluding hydrogens is 260 g/mol. The van der Waals surface area contributed by atoms with E-state index in [1.54, 1.807) is 6.20 Å². The van der Waals surface area contributed by atoms with Crippen molar-refractivity contribution in [3.8, 4) is 5.88 Å². The number of nitrogens with two attached hydrogens (primary N) is 1. The van der Waals surface area contributed by atoms with E-state index in [2.05, 4.69) is 4.98 Å². The summed E-state index contributed by atoms with van der Waals surface area (Å²) in [5.74, 6) is 0.326. The van der Waals surface area contributed by atoms with Crippen LogP contribution in [0.3, 0.4) is 0 Å². The summed E-state index contributed by atoms with van der Waals surface area (Å²) in [6.07, 6.45) is 2.29. The predicted molar refractivity (Wildman–Crippen MR) is 70.1 cm³/mol. The van der Waals surface area contributed by atoms with Gasteiger partial charge in [0.05, 0.1) is 6.61 Å². The maximum Gasteiger partial charge on any atom is 0.218 e. The van der Waals surface area contributed by atoms with Gasteiger partial charge in [-0.25, -0.2) is 4.98 Å². The van der Waals surface area contributed by atoms with Crippen molar-refractivity contribution in [2.45, 2.75) is 12.8 Å². The summed E-state index contributed by atoms with van der Waals surface area (Å²) in [6, 6.07) is 0. The van der Waals surface area contributed by atoms with Gasteiger partial charge in [-0.05, 0) is 12.0 Å². The van der Waals surface area contributed by atoms with E-state index in [1.807, 2.05) is 0 Å². The van der Waals surface area contributed by atoms with Crippen LogP contribution >= 0.6 is 12.4 Å². The molecule has 0 spiro atoms. The number of halogens is 1. The van der Waals surface area contributed by atoms with Crippen LogP contribution in [0.25, 0.3) is 0 Å². The first kappa shape index (κ1) is 16.9. The Bertz CT molecular complexity index is 363. The maximum atomic E-state index is 8.98. The third-order valence-corrected chi connectivity index (χ3v) is 2.34. The van der Waals surface area contributed by atoms with Crippen molar-refractivity contribution in [2.24, 2.45) is 0 Å². The average Bonchev–Trinajstić information content (AvgIpc) is 2.33. The summed E-state index contributed by atoms with van der Waals surface area (Å²) in [7, 11) is 0. The summed E-state index contributed by atoms with van der Waals surface area (Å²) < 4.78 is 5.24. The highest BCUT2D eigenvalue weighted by molar-refractivity contribution is 5.85. The number of nitrogen functional groups attached to an aromatic ring is 1. The van der Waals surface area contributed by atoms with Crippen LogP contribution in [0, 0.1) is 0 Å². The molecule has 0 atom stereocenters. The standard InChI is InChI=1S/C11H18N2O4.ClH/c12-10-8(1-3-14)7-13-11(17-6-5-16)9(10)2-4-15;/h7,14-16H,1-6H2,(H2,12,13);1H. The van der Waals surface area contributed by atoms with Gasteiger partial charge < -0.3 is 25.8 Å². The van der Waals surface area contributed by atoms with Crippen LogP contribution in [-0.4, -0.2) is 46.7 Å². The zero-order chi connectivity index (χ0) is 12.7. The molecular formula is C11H19ClN2O4. The van der Waals surface area contributed by atoms with Crippen molar-refractivity contribution in [1.82, 2.24) is 4.98 Å². The van der Waals surface area contributed by atoms with Gasteiger partial charge in [0.25, 0.3) is 0 Å². The normalized spacial score (nSPS) is 9.94. The molecule has 5 N–H and O–H groups in total. The zero-order valence-electron chi connectivity index (χ0n) is 10.0. The fraction of sp³-hybridized carbons (Fsp3) is 0.545. The van der Waals surface area contributed by atoms with Crippen molar-refractivity contribution >= 4 is 18.1 Å². The Balaban J connectivity index is 0.00000289. The summed E-state index contributed by atoms with van der Waals surface area (Å²) in [4.78, 5) is 4.08. The fourth-order valence-electron chi connectivity index (χ4n) is 1.53. The lowest BCUT2D eigenvalue weighted by atomic mass is 10.1. The van der Waals surface area contributed by atoms with E-state index >= 15 is 0 Å². The second-order valence-electron chi connectivity index (χ2n) is 3.50. The summed E-state index contributed by atoms with van der Waals surface area (Å²) >= 11 is 0. The number of nitrogens with zero attached hydrogens (tertiary/aromatic N) is 1. The molecule has 0 radical (unpaired) electrons. The van der Waals surface area contributed by atoms with E-state index in [4.69, 9.17) is 25.8 Å². The topological polar surface area (TPSA) is 109 Å². The molecule has 0 fully saturated rings. The first-order chi connectivity index (χ1) is 8.24. The average molecular weight is 279 g/mol. The molecule has 0 unspecified atom stereocenters. The van der Waals surface area contributed by atoms with E-state index in [1.165, 1.54) is 0 Å². The Labute approximate surface area is 112 Å². The molecule has 0 saturated carbocycles. The first-order valence-corrected chi connectivity index (χ1v) is 5.46.